The number of piperidine rings is 1. The Balaban J connectivity index is 2.00. The van der Waals surface area contributed by atoms with Gasteiger partial charge in [0.25, 0.3) is 0 Å². The molecule has 1 aromatic rings. The lowest BCUT2D eigenvalue weighted by molar-refractivity contribution is 0.243. The molecule has 1 heterocycles. The Labute approximate surface area is 122 Å². The summed E-state index contributed by atoms with van der Waals surface area (Å²) in [7, 11) is 1.73. The van der Waals surface area contributed by atoms with E-state index >= 15 is 0 Å². The van der Waals surface area contributed by atoms with Crippen LogP contribution in [0.5, 0.6) is 5.75 Å². The maximum absolute atomic E-state index is 5.48. The topological polar surface area (TPSA) is 24.5 Å². The van der Waals surface area contributed by atoms with Crippen molar-refractivity contribution in [2.45, 2.75) is 32.7 Å². The Morgan fingerprint density at radius 1 is 1.35 bits per heavy atom. The molecule has 0 radical (unpaired) electrons. The molecule has 1 aromatic carbocycles. The average Bonchev–Trinajstić information content (AvgIpc) is 2.45. The van der Waals surface area contributed by atoms with E-state index in [4.69, 9.17) is 11.2 Å². The molecule has 1 aliphatic rings. The molecule has 108 valence electrons. The molecule has 1 N–H and O–H groups in total. The fraction of sp³-hybridized carbons (Fsp3) is 0.529. The minimum absolute atomic E-state index is 0.523. The Morgan fingerprint density at radius 3 is 2.65 bits per heavy atom. The van der Waals surface area contributed by atoms with E-state index in [1.165, 1.54) is 16.8 Å². The van der Waals surface area contributed by atoms with E-state index in [1.807, 2.05) is 0 Å². The molecule has 0 unspecified atom stereocenters. The van der Waals surface area contributed by atoms with Crippen LogP contribution < -0.4 is 10.1 Å². The predicted molar refractivity (Wildman–Crippen MR) is 84.4 cm³/mol. The van der Waals surface area contributed by atoms with Gasteiger partial charge in [-0.05, 0) is 38.3 Å². The first-order valence-corrected chi connectivity index (χ1v) is 7.22. The monoisotopic (exact) mass is 272 g/mol. The van der Waals surface area contributed by atoms with Crippen molar-refractivity contribution in [1.29, 1.82) is 0 Å². The van der Waals surface area contributed by atoms with E-state index < -0.39 is 0 Å². The largest absolute Gasteiger partial charge is 0.496 e. The average molecular weight is 272 g/mol. The highest BCUT2D eigenvalue weighted by molar-refractivity contribution is 5.60. The number of nitrogens with zero attached hydrogens (tertiary/aromatic N) is 1. The van der Waals surface area contributed by atoms with Crippen molar-refractivity contribution >= 4 is 5.69 Å². The Morgan fingerprint density at radius 2 is 2.05 bits per heavy atom. The van der Waals surface area contributed by atoms with Crippen LogP contribution in [0, 0.1) is 26.2 Å². The fourth-order valence-corrected chi connectivity index (χ4v) is 2.88. The van der Waals surface area contributed by atoms with E-state index in [1.54, 1.807) is 7.11 Å². The van der Waals surface area contributed by atoms with Crippen LogP contribution in [0.15, 0.2) is 12.1 Å². The number of ether oxygens (including phenoxy) is 1. The lowest BCUT2D eigenvalue weighted by atomic mass is 10.0. The van der Waals surface area contributed by atoms with E-state index in [-0.39, 0.29) is 0 Å². The normalized spacial score (nSPS) is 16.7. The Bertz CT molecular complexity index is 496. The number of hydrogen-bond acceptors (Lipinski definition) is 3. The van der Waals surface area contributed by atoms with Gasteiger partial charge in [-0.15, -0.1) is 6.42 Å². The van der Waals surface area contributed by atoms with Crippen molar-refractivity contribution in [3.63, 3.8) is 0 Å². The summed E-state index contributed by atoms with van der Waals surface area (Å²) in [5.41, 5.74) is 3.56. The zero-order valence-corrected chi connectivity index (χ0v) is 12.7. The van der Waals surface area contributed by atoms with Gasteiger partial charge in [-0.25, -0.2) is 0 Å². The third-order valence-electron chi connectivity index (χ3n) is 4.07. The smallest absolute Gasteiger partial charge is 0.126 e. The third-order valence-corrected chi connectivity index (χ3v) is 4.07. The van der Waals surface area contributed by atoms with Gasteiger partial charge in [0.1, 0.15) is 5.75 Å². The number of aryl methyl sites for hydroxylation is 1. The Hall–Kier alpha value is -1.66. The number of nitrogens with one attached hydrogen (secondary N) is 1. The number of benzene rings is 1. The third kappa shape index (κ3) is 3.26. The lowest BCUT2D eigenvalue weighted by Gasteiger charge is -2.32. The summed E-state index contributed by atoms with van der Waals surface area (Å²) in [5, 5.41) is 3.66. The lowest BCUT2D eigenvalue weighted by Crippen LogP contribution is -2.39. The van der Waals surface area contributed by atoms with Crippen LogP contribution in [0.4, 0.5) is 5.69 Å². The van der Waals surface area contributed by atoms with E-state index in [2.05, 4.69) is 42.1 Å². The first-order valence-electron chi connectivity index (χ1n) is 7.22. The minimum Gasteiger partial charge on any atom is -0.496 e. The standard InChI is InChI=1S/C17H24N2O/c1-5-10-19-11-8-15(9-12-19)18-16-7-6-13(2)17(20-4)14(16)3/h1,6-7,15,18H,8-12H2,2-4H3. The van der Waals surface area contributed by atoms with Gasteiger partial charge in [-0.1, -0.05) is 12.0 Å². The first kappa shape index (κ1) is 14.7. The molecular weight excluding hydrogens is 248 g/mol. The summed E-state index contributed by atoms with van der Waals surface area (Å²) >= 11 is 0. The van der Waals surface area contributed by atoms with Gasteiger partial charge >= 0.3 is 0 Å². The first-order chi connectivity index (χ1) is 9.65. The fourth-order valence-electron chi connectivity index (χ4n) is 2.88. The van der Waals surface area contributed by atoms with Crippen molar-refractivity contribution in [1.82, 2.24) is 4.90 Å². The second kappa shape index (κ2) is 6.67. The number of anilines is 1. The van der Waals surface area contributed by atoms with E-state index in [9.17, 15) is 0 Å². The minimum atomic E-state index is 0.523. The van der Waals surface area contributed by atoms with Crippen LogP contribution in [0.3, 0.4) is 0 Å². The van der Waals surface area contributed by atoms with Gasteiger partial charge in [-0.2, -0.15) is 0 Å². The zero-order chi connectivity index (χ0) is 14.5. The van der Waals surface area contributed by atoms with Gasteiger partial charge in [0.2, 0.25) is 0 Å². The van der Waals surface area contributed by atoms with Crippen molar-refractivity contribution in [3.8, 4) is 18.1 Å². The number of rotatable bonds is 4. The molecule has 0 spiro atoms. The molecular formula is C17H24N2O. The van der Waals surface area contributed by atoms with Gasteiger partial charge in [-0.3, -0.25) is 4.90 Å². The van der Waals surface area contributed by atoms with Gasteiger partial charge in [0.15, 0.2) is 0 Å². The van der Waals surface area contributed by atoms with Crippen LogP contribution in [0.2, 0.25) is 0 Å². The summed E-state index contributed by atoms with van der Waals surface area (Å²) in [6.07, 6.45) is 7.63. The maximum atomic E-state index is 5.48. The molecule has 2 rings (SSSR count). The summed E-state index contributed by atoms with van der Waals surface area (Å²) in [4.78, 5) is 2.33. The highest BCUT2D eigenvalue weighted by atomic mass is 16.5. The van der Waals surface area contributed by atoms with Crippen molar-refractivity contribution in [3.05, 3.63) is 23.3 Å². The van der Waals surface area contributed by atoms with Crippen molar-refractivity contribution in [2.75, 3.05) is 32.1 Å². The molecule has 0 aliphatic carbocycles. The highest BCUT2D eigenvalue weighted by Gasteiger charge is 2.19. The molecule has 20 heavy (non-hydrogen) atoms. The van der Waals surface area contributed by atoms with Gasteiger partial charge in [0.05, 0.1) is 13.7 Å². The molecule has 1 fully saturated rings. The molecule has 3 nitrogen and oxygen atoms in total. The second-order valence-electron chi connectivity index (χ2n) is 5.49. The molecule has 0 atom stereocenters. The van der Waals surface area contributed by atoms with Crippen LogP contribution in [-0.4, -0.2) is 37.7 Å². The number of hydrogen-bond donors (Lipinski definition) is 1. The van der Waals surface area contributed by atoms with Crippen LogP contribution in [0.1, 0.15) is 24.0 Å². The SMILES string of the molecule is C#CCN1CCC(Nc2ccc(C)c(OC)c2C)CC1. The molecule has 1 aliphatic heterocycles. The van der Waals surface area contributed by atoms with Gasteiger partial charge < -0.3 is 10.1 Å². The molecule has 0 bridgehead atoms. The van der Waals surface area contributed by atoms with Crippen LogP contribution in [0.25, 0.3) is 0 Å². The zero-order valence-electron chi connectivity index (χ0n) is 12.7. The molecule has 3 heteroatoms. The molecule has 0 aromatic heterocycles. The van der Waals surface area contributed by atoms with Crippen molar-refractivity contribution in [2.24, 2.45) is 0 Å². The summed E-state index contributed by atoms with van der Waals surface area (Å²) < 4.78 is 5.48. The van der Waals surface area contributed by atoms with Crippen molar-refractivity contribution < 1.29 is 4.74 Å². The summed E-state index contributed by atoms with van der Waals surface area (Å²) in [5.74, 6) is 3.71. The Kier molecular flexibility index (Phi) is 4.92. The molecule has 1 saturated heterocycles. The van der Waals surface area contributed by atoms with Crippen LogP contribution >= 0.6 is 0 Å². The summed E-state index contributed by atoms with van der Waals surface area (Å²) in [6.45, 7) is 7.10. The molecule has 0 saturated carbocycles. The second-order valence-corrected chi connectivity index (χ2v) is 5.49. The van der Waals surface area contributed by atoms with Gasteiger partial charge in [0, 0.05) is 30.4 Å². The van der Waals surface area contributed by atoms with Crippen LogP contribution in [-0.2, 0) is 0 Å². The number of terminal acetylenes is 1. The number of likely N-dealkylation sites (tertiary alicyclic amines) is 1. The van der Waals surface area contributed by atoms with E-state index in [0.29, 0.717) is 6.04 Å². The molecule has 0 amide bonds. The predicted octanol–water partition coefficient (Wildman–Crippen LogP) is 2.82. The highest BCUT2D eigenvalue weighted by Crippen LogP contribution is 2.30. The van der Waals surface area contributed by atoms with E-state index in [0.717, 1.165) is 38.2 Å². The quantitative estimate of drug-likeness (QED) is 0.853. The summed E-state index contributed by atoms with van der Waals surface area (Å²) in [6, 6.07) is 4.79. The maximum Gasteiger partial charge on any atom is 0.126 e. The number of methoxy groups -OCH3 is 1.